The summed E-state index contributed by atoms with van der Waals surface area (Å²) in [6.45, 7) is 4.96. The van der Waals surface area contributed by atoms with Crippen LogP contribution in [0.25, 0.3) is 0 Å². The van der Waals surface area contributed by atoms with Crippen molar-refractivity contribution in [3.05, 3.63) is 23.9 Å². The average molecular weight is 371 g/mol. The molecule has 1 aromatic heterocycles. The van der Waals surface area contributed by atoms with Crippen LogP contribution in [0.15, 0.2) is 18.3 Å². The first-order valence-corrected chi connectivity index (χ1v) is 9.44. The lowest BCUT2D eigenvalue weighted by molar-refractivity contribution is -0.148. The second kappa shape index (κ2) is 8.71. The summed E-state index contributed by atoms with van der Waals surface area (Å²) in [7, 11) is 0. The highest BCUT2D eigenvalue weighted by Crippen LogP contribution is 2.23. The number of aromatic nitrogens is 1. The van der Waals surface area contributed by atoms with E-state index >= 15 is 0 Å². The molecule has 3 heterocycles. The predicted molar refractivity (Wildman–Crippen MR) is 98.9 cm³/mol. The van der Waals surface area contributed by atoms with E-state index in [2.05, 4.69) is 21.4 Å². The molecule has 1 atom stereocenters. The van der Waals surface area contributed by atoms with E-state index in [1.54, 1.807) is 17.2 Å². The minimum absolute atomic E-state index is 0.00117. The summed E-state index contributed by atoms with van der Waals surface area (Å²) >= 11 is 0. The number of pyridine rings is 1. The molecule has 0 radical (unpaired) electrons. The van der Waals surface area contributed by atoms with Crippen LogP contribution in [0.5, 0.6) is 0 Å². The standard InChI is InChI=1S/C19H25N5O3/c1-2-27-19(26)14-5-9-24(10-6-14)17-4-3-15(11-21-17)18(25)22-16-7-8-23(12-16)13-20/h3-4,11,14,16H,2,5-10,12H2,1H3,(H,22,25)/t16-/m1/s1. The average Bonchev–Trinajstić information content (AvgIpc) is 3.16. The third-order valence-corrected chi connectivity index (χ3v) is 5.11. The van der Waals surface area contributed by atoms with Gasteiger partial charge in [-0.25, -0.2) is 4.98 Å². The Bertz CT molecular complexity index is 707. The summed E-state index contributed by atoms with van der Waals surface area (Å²) < 4.78 is 5.09. The van der Waals surface area contributed by atoms with Crippen molar-refractivity contribution in [2.75, 3.05) is 37.7 Å². The summed E-state index contributed by atoms with van der Waals surface area (Å²) in [4.78, 5) is 32.4. The van der Waals surface area contributed by atoms with Crippen LogP contribution in [-0.4, -0.2) is 60.6 Å². The van der Waals surface area contributed by atoms with Gasteiger partial charge in [0.1, 0.15) is 5.82 Å². The van der Waals surface area contributed by atoms with Crippen LogP contribution in [0.2, 0.25) is 0 Å². The van der Waals surface area contributed by atoms with Gasteiger partial charge in [-0.05, 0) is 38.3 Å². The number of nitriles is 1. The summed E-state index contributed by atoms with van der Waals surface area (Å²) in [6, 6.07) is 3.61. The molecule has 1 aromatic rings. The Morgan fingerprint density at radius 2 is 2.07 bits per heavy atom. The van der Waals surface area contributed by atoms with Gasteiger partial charge in [0.2, 0.25) is 0 Å². The lowest BCUT2D eigenvalue weighted by Gasteiger charge is -2.31. The second-order valence-corrected chi connectivity index (χ2v) is 6.92. The molecule has 2 saturated heterocycles. The van der Waals surface area contributed by atoms with Crippen LogP contribution in [0, 0.1) is 17.4 Å². The molecule has 0 aliphatic carbocycles. The molecule has 1 amide bonds. The number of ether oxygens (including phenoxy) is 1. The topological polar surface area (TPSA) is 98.6 Å². The Morgan fingerprint density at radius 3 is 2.67 bits per heavy atom. The molecule has 2 aliphatic rings. The molecule has 0 bridgehead atoms. The SMILES string of the molecule is CCOC(=O)C1CCN(c2ccc(C(=O)N[C@@H]3CCN(C#N)C3)cn2)CC1. The van der Waals surface area contributed by atoms with Crippen molar-refractivity contribution in [3.63, 3.8) is 0 Å². The number of carbonyl (C=O) groups excluding carboxylic acids is 2. The van der Waals surface area contributed by atoms with Crippen LogP contribution in [-0.2, 0) is 9.53 Å². The Hall–Kier alpha value is -2.82. The Balaban J connectivity index is 1.51. The zero-order chi connectivity index (χ0) is 19.2. The number of hydrogen-bond donors (Lipinski definition) is 1. The number of amides is 1. The van der Waals surface area contributed by atoms with E-state index < -0.39 is 0 Å². The van der Waals surface area contributed by atoms with Crippen LogP contribution in [0.1, 0.15) is 36.5 Å². The van der Waals surface area contributed by atoms with Gasteiger partial charge in [-0.1, -0.05) is 0 Å². The summed E-state index contributed by atoms with van der Waals surface area (Å²) in [5, 5.41) is 11.8. The van der Waals surface area contributed by atoms with Gasteiger partial charge >= 0.3 is 5.97 Å². The number of esters is 1. The Morgan fingerprint density at radius 1 is 1.30 bits per heavy atom. The molecule has 0 spiro atoms. The third-order valence-electron chi connectivity index (χ3n) is 5.11. The van der Waals surface area contributed by atoms with Crippen LogP contribution in [0.4, 0.5) is 5.82 Å². The molecule has 27 heavy (non-hydrogen) atoms. The molecule has 2 fully saturated rings. The summed E-state index contributed by atoms with van der Waals surface area (Å²) in [5.74, 6) is 0.495. The van der Waals surface area contributed by atoms with Gasteiger partial charge in [0.05, 0.1) is 18.1 Å². The highest BCUT2D eigenvalue weighted by atomic mass is 16.5. The van der Waals surface area contributed by atoms with Crippen LogP contribution >= 0.6 is 0 Å². The molecular weight excluding hydrogens is 346 g/mol. The van der Waals surface area contributed by atoms with E-state index in [1.165, 1.54) is 0 Å². The minimum Gasteiger partial charge on any atom is -0.466 e. The van der Waals surface area contributed by atoms with Gasteiger partial charge in [-0.15, -0.1) is 0 Å². The first-order chi connectivity index (χ1) is 13.1. The van der Waals surface area contributed by atoms with E-state index in [0.29, 0.717) is 25.3 Å². The highest BCUT2D eigenvalue weighted by Gasteiger charge is 2.27. The van der Waals surface area contributed by atoms with E-state index in [-0.39, 0.29) is 23.8 Å². The normalized spacial score (nSPS) is 20.2. The van der Waals surface area contributed by atoms with Crippen molar-refractivity contribution in [1.29, 1.82) is 5.26 Å². The monoisotopic (exact) mass is 371 g/mol. The second-order valence-electron chi connectivity index (χ2n) is 6.92. The fourth-order valence-electron chi connectivity index (χ4n) is 3.55. The molecule has 3 rings (SSSR count). The Kier molecular flexibility index (Phi) is 6.12. The quantitative estimate of drug-likeness (QED) is 0.612. The summed E-state index contributed by atoms with van der Waals surface area (Å²) in [6.07, 6.45) is 5.96. The number of rotatable bonds is 5. The number of anilines is 1. The van der Waals surface area contributed by atoms with Crippen LogP contribution < -0.4 is 10.2 Å². The fourth-order valence-corrected chi connectivity index (χ4v) is 3.55. The van der Waals surface area contributed by atoms with E-state index in [4.69, 9.17) is 10.00 Å². The van der Waals surface area contributed by atoms with Gasteiger partial charge in [-0.2, -0.15) is 5.26 Å². The van der Waals surface area contributed by atoms with Crippen molar-refractivity contribution in [2.45, 2.75) is 32.2 Å². The van der Waals surface area contributed by atoms with E-state index in [1.807, 2.05) is 13.0 Å². The van der Waals surface area contributed by atoms with E-state index in [0.717, 1.165) is 38.2 Å². The molecular formula is C19H25N5O3. The van der Waals surface area contributed by atoms with Gasteiger partial charge in [0, 0.05) is 38.4 Å². The zero-order valence-electron chi connectivity index (χ0n) is 15.6. The lowest BCUT2D eigenvalue weighted by Crippen LogP contribution is -2.38. The number of hydrogen-bond acceptors (Lipinski definition) is 7. The maximum atomic E-state index is 12.3. The van der Waals surface area contributed by atoms with Crippen molar-refractivity contribution >= 4 is 17.7 Å². The number of nitrogens with zero attached hydrogens (tertiary/aromatic N) is 4. The number of nitrogens with one attached hydrogen (secondary N) is 1. The predicted octanol–water partition coefficient (Wildman–Crippen LogP) is 1.15. The number of carbonyl (C=O) groups is 2. The fraction of sp³-hybridized carbons (Fsp3) is 0.579. The van der Waals surface area contributed by atoms with Crippen molar-refractivity contribution in [1.82, 2.24) is 15.2 Å². The largest absolute Gasteiger partial charge is 0.466 e. The van der Waals surface area contributed by atoms with Gasteiger partial charge < -0.3 is 19.9 Å². The maximum Gasteiger partial charge on any atom is 0.309 e. The van der Waals surface area contributed by atoms with Gasteiger partial charge in [-0.3, -0.25) is 9.59 Å². The molecule has 0 aromatic carbocycles. The molecule has 8 heteroatoms. The van der Waals surface area contributed by atoms with Gasteiger partial charge in [0.15, 0.2) is 6.19 Å². The smallest absolute Gasteiger partial charge is 0.309 e. The number of likely N-dealkylation sites (tertiary alicyclic amines) is 1. The van der Waals surface area contributed by atoms with Crippen LogP contribution in [0.3, 0.4) is 0 Å². The first kappa shape index (κ1) is 19.0. The van der Waals surface area contributed by atoms with Crippen molar-refractivity contribution in [3.8, 4) is 6.19 Å². The zero-order valence-corrected chi connectivity index (χ0v) is 15.6. The van der Waals surface area contributed by atoms with Crippen molar-refractivity contribution < 1.29 is 14.3 Å². The molecule has 144 valence electrons. The van der Waals surface area contributed by atoms with E-state index in [9.17, 15) is 9.59 Å². The molecule has 0 unspecified atom stereocenters. The minimum atomic E-state index is -0.167. The molecule has 0 saturated carbocycles. The third kappa shape index (κ3) is 4.67. The lowest BCUT2D eigenvalue weighted by atomic mass is 9.97. The number of piperidine rings is 1. The first-order valence-electron chi connectivity index (χ1n) is 9.44. The van der Waals surface area contributed by atoms with Gasteiger partial charge in [0.25, 0.3) is 5.91 Å². The molecule has 1 N–H and O–H groups in total. The summed E-state index contributed by atoms with van der Waals surface area (Å²) in [5.41, 5.74) is 0.510. The maximum absolute atomic E-state index is 12.3. The Labute approximate surface area is 159 Å². The highest BCUT2D eigenvalue weighted by molar-refractivity contribution is 5.94. The molecule has 8 nitrogen and oxygen atoms in total. The molecule has 2 aliphatic heterocycles. The van der Waals surface area contributed by atoms with Crippen molar-refractivity contribution in [2.24, 2.45) is 5.92 Å².